The number of nitro benzene ring substituents is 1. The third-order valence-electron chi connectivity index (χ3n) is 5.85. The molecule has 1 aromatic rings. The first-order valence-electron chi connectivity index (χ1n) is 7.46. The third kappa shape index (κ3) is 1.63. The Bertz CT molecular complexity index is 540. The van der Waals surface area contributed by atoms with E-state index in [4.69, 9.17) is 0 Å². The molecule has 0 aromatic heterocycles. The molecule has 5 rings (SSSR count). The molecule has 4 aliphatic carbocycles. The van der Waals surface area contributed by atoms with E-state index in [1.165, 1.54) is 5.56 Å². The molecule has 4 heteroatoms. The van der Waals surface area contributed by atoms with Gasteiger partial charge in [0.2, 0.25) is 0 Å². The molecule has 0 N–H and O–H groups in total. The number of halogens is 1. The summed E-state index contributed by atoms with van der Waals surface area (Å²) in [5.74, 6) is 1.10. The fourth-order valence-electron chi connectivity index (χ4n) is 5.25. The molecule has 0 spiro atoms. The topological polar surface area (TPSA) is 43.1 Å². The Labute approximate surface area is 117 Å². The lowest BCUT2D eigenvalue weighted by molar-refractivity contribution is -0.384. The number of rotatable bonds is 2. The zero-order valence-corrected chi connectivity index (χ0v) is 11.3. The maximum Gasteiger partial charge on any atom is 0.269 e. The number of non-ortho nitro benzene ring substituents is 1. The molecule has 20 heavy (non-hydrogen) atoms. The van der Waals surface area contributed by atoms with Crippen LogP contribution in [0.1, 0.15) is 37.7 Å². The molecule has 4 aliphatic rings. The van der Waals surface area contributed by atoms with Crippen molar-refractivity contribution < 1.29 is 9.31 Å². The van der Waals surface area contributed by atoms with Crippen molar-refractivity contribution in [2.75, 3.05) is 0 Å². The molecule has 3 nitrogen and oxygen atoms in total. The van der Waals surface area contributed by atoms with Crippen LogP contribution in [0.2, 0.25) is 0 Å². The molecule has 0 amide bonds. The minimum Gasteiger partial charge on any atom is -0.258 e. The Morgan fingerprint density at radius 1 is 1.10 bits per heavy atom. The summed E-state index contributed by atoms with van der Waals surface area (Å²) < 4.78 is 14.3. The zero-order chi connectivity index (χ0) is 13.9. The highest BCUT2D eigenvalue weighted by atomic mass is 19.1. The largest absolute Gasteiger partial charge is 0.269 e. The number of hydrogen-bond acceptors (Lipinski definition) is 2. The third-order valence-corrected chi connectivity index (χ3v) is 5.85. The van der Waals surface area contributed by atoms with Gasteiger partial charge in [-0.15, -0.1) is 0 Å². The van der Waals surface area contributed by atoms with Crippen LogP contribution in [0.5, 0.6) is 0 Å². The second kappa shape index (κ2) is 4.03. The SMILES string of the molecule is O=[N+]([O-])c1ccc(C23CC4C[C@H](C2)C(F)[C@@H](C4)C3)cc1. The van der Waals surface area contributed by atoms with E-state index in [9.17, 15) is 14.5 Å². The summed E-state index contributed by atoms with van der Waals surface area (Å²) in [6.45, 7) is 0. The fourth-order valence-corrected chi connectivity index (χ4v) is 5.25. The van der Waals surface area contributed by atoms with Crippen molar-refractivity contribution in [1.82, 2.24) is 0 Å². The molecule has 3 unspecified atom stereocenters. The molecule has 4 saturated carbocycles. The van der Waals surface area contributed by atoms with Crippen LogP contribution in [0.3, 0.4) is 0 Å². The molecular weight excluding hydrogens is 257 g/mol. The summed E-state index contributed by atoms with van der Waals surface area (Å²) in [4.78, 5) is 10.4. The first-order valence-corrected chi connectivity index (χ1v) is 7.46. The molecule has 4 fully saturated rings. The molecule has 1 aromatic carbocycles. The minimum absolute atomic E-state index is 0.0915. The Morgan fingerprint density at radius 2 is 1.70 bits per heavy atom. The number of nitro groups is 1. The molecule has 0 aliphatic heterocycles. The maximum absolute atomic E-state index is 14.3. The summed E-state index contributed by atoms with van der Waals surface area (Å²) >= 11 is 0. The van der Waals surface area contributed by atoms with E-state index in [1.54, 1.807) is 12.1 Å². The molecule has 0 radical (unpaired) electrons. The van der Waals surface area contributed by atoms with E-state index in [1.807, 2.05) is 12.1 Å². The van der Waals surface area contributed by atoms with E-state index in [0.29, 0.717) is 5.92 Å². The molecule has 0 saturated heterocycles. The first kappa shape index (κ1) is 12.3. The van der Waals surface area contributed by atoms with Crippen molar-refractivity contribution >= 4 is 5.69 Å². The predicted octanol–water partition coefficient (Wildman–Crippen LogP) is 4.01. The van der Waals surface area contributed by atoms with Crippen molar-refractivity contribution in [3.8, 4) is 0 Å². The summed E-state index contributed by atoms with van der Waals surface area (Å²) in [7, 11) is 0. The van der Waals surface area contributed by atoms with Gasteiger partial charge in [-0.2, -0.15) is 0 Å². The summed E-state index contributed by atoms with van der Waals surface area (Å²) in [6.07, 6.45) is 4.49. The van der Waals surface area contributed by atoms with Crippen LogP contribution in [0.25, 0.3) is 0 Å². The number of alkyl halides is 1. The molecule has 106 valence electrons. The van der Waals surface area contributed by atoms with Crippen LogP contribution in [0.4, 0.5) is 10.1 Å². The van der Waals surface area contributed by atoms with Gasteiger partial charge in [0.25, 0.3) is 5.69 Å². The first-order chi connectivity index (χ1) is 9.57. The minimum atomic E-state index is -0.613. The van der Waals surface area contributed by atoms with Gasteiger partial charge in [0.15, 0.2) is 0 Å². The van der Waals surface area contributed by atoms with Crippen LogP contribution in [0, 0.1) is 27.9 Å². The molecule has 4 bridgehead atoms. The lowest BCUT2D eigenvalue weighted by Gasteiger charge is -2.58. The van der Waals surface area contributed by atoms with E-state index in [-0.39, 0.29) is 27.9 Å². The fraction of sp³-hybridized carbons (Fsp3) is 0.625. The standard InChI is InChI=1S/C16H18FNO2/c17-15-11-5-10-6-12(15)9-16(7-10,8-11)13-1-3-14(4-2-13)18(19)20/h1-4,10-12,15H,5-9H2/t10?,11-,12+,15?,16?. The van der Waals surface area contributed by atoms with Gasteiger partial charge in [0.1, 0.15) is 6.17 Å². The van der Waals surface area contributed by atoms with E-state index >= 15 is 0 Å². The lowest BCUT2D eigenvalue weighted by atomic mass is 9.47. The van der Waals surface area contributed by atoms with Gasteiger partial charge in [-0.05, 0) is 60.8 Å². The summed E-state index contributed by atoms with van der Waals surface area (Å²) in [6, 6.07) is 7.00. The Balaban J connectivity index is 1.69. The van der Waals surface area contributed by atoms with Crippen molar-refractivity contribution in [2.45, 2.75) is 43.7 Å². The molecule has 0 heterocycles. The lowest BCUT2D eigenvalue weighted by Crippen LogP contribution is -2.54. The average molecular weight is 275 g/mol. The van der Waals surface area contributed by atoms with Crippen molar-refractivity contribution in [3.63, 3.8) is 0 Å². The maximum atomic E-state index is 14.3. The van der Waals surface area contributed by atoms with Crippen LogP contribution < -0.4 is 0 Å². The van der Waals surface area contributed by atoms with E-state index in [0.717, 1.165) is 32.1 Å². The average Bonchev–Trinajstić information content (AvgIpc) is 2.44. The smallest absolute Gasteiger partial charge is 0.258 e. The van der Waals surface area contributed by atoms with Gasteiger partial charge in [-0.3, -0.25) is 10.1 Å². The summed E-state index contributed by atoms with van der Waals surface area (Å²) in [5, 5.41) is 10.8. The highest BCUT2D eigenvalue weighted by Gasteiger charge is 2.56. The van der Waals surface area contributed by atoms with Crippen LogP contribution in [0.15, 0.2) is 24.3 Å². The quantitative estimate of drug-likeness (QED) is 0.604. The number of benzene rings is 1. The Morgan fingerprint density at radius 3 is 2.25 bits per heavy atom. The van der Waals surface area contributed by atoms with Crippen LogP contribution >= 0.6 is 0 Å². The van der Waals surface area contributed by atoms with Crippen LogP contribution in [-0.2, 0) is 5.41 Å². The number of hydrogen-bond donors (Lipinski definition) is 0. The van der Waals surface area contributed by atoms with Crippen molar-refractivity contribution in [1.29, 1.82) is 0 Å². The summed E-state index contributed by atoms with van der Waals surface area (Å²) in [5.41, 5.74) is 1.42. The van der Waals surface area contributed by atoms with Gasteiger partial charge in [-0.25, -0.2) is 4.39 Å². The van der Waals surface area contributed by atoms with Gasteiger partial charge in [0, 0.05) is 12.1 Å². The van der Waals surface area contributed by atoms with Gasteiger partial charge in [-0.1, -0.05) is 12.1 Å². The van der Waals surface area contributed by atoms with Gasteiger partial charge >= 0.3 is 0 Å². The number of nitrogens with zero attached hydrogens (tertiary/aromatic N) is 1. The van der Waals surface area contributed by atoms with E-state index < -0.39 is 6.17 Å². The monoisotopic (exact) mass is 275 g/mol. The van der Waals surface area contributed by atoms with Crippen molar-refractivity contribution in [2.24, 2.45) is 17.8 Å². The Kier molecular flexibility index (Phi) is 2.48. The second-order valence-corrected chi connectivity index (χ2v) is 7.00. The van der Waals surface area contributed by atoms with Gasteiger partial charge in [0.05, 0.1) is 4.92 Å². The van der Waals surface area contributed by atoms with E-state index in [2.05, 4.69) is 0 Å². The Hall–Kier alpha value is -1.45. The normalized spacial score (nSPS) is 41.9. The van der Waals surface area contributed by atoms with Crippen molar-refractivity contribution in [3.05, 3.63) is 39.9 Å². The highest BCUT2D eigenvalue weighted by Crippen LogP contribution is 2.61. The second-order valence-electron chi connectivity index (χ2n) is 7.00. The van der Waals surface area contributed by atoms with Crippen LogP contribution in [-0.4, -0.2) is 11.1 Å². The molecular formula is C16H18FNO2. The molecule has 5 atom stereocenters. The predicted molar refractivity (Wildman–Crippen MR) is 73.2 cm³/mol. The zero-order valence-electron chi connectivity index (χ0n) is 11.3. The van der Waals surface area contributed by atoms with Gasteiger partial charge < -0.3 is 0 Å². The highest BCUT2D eigenvalue weighted by molar-refractivity contribution is 5.38.